The molecule has 48 heavy (non-hydrogen) atoms. The maximum Gasteiger partial charge on any atom is 0.339 e. The summed E-state index contributed by atoms with van der Waals surface area (Å²) in [6, 6.07) is 25.3. The van der Waals surface area contributed by atoms with Crippen LogP contribution in [0.15, 0.2) is 94.1 Å². The molecule has 0 aliphatic carbocycles. The smallest absolute Gasteiger partial charge is 0.339 e. The molecule has 10 nitrogen and oxygen atoms in total. The second-order valence-corrected chi connectivity index (χ2v) is 12.0. The summed E-state index contributed by atoms with van der Waals surface area (Å²) in [5.74, 6) is 0.102. The molecule has 2 N–H and O–H groups in total. The van der Waals surface area contributed by atoms with Crippen LogP contribution in [0.2, 0.25) is 0 Å². The Bertz CT molecular complexity index is 2210. The number of methoxy groups -OCH3 is 1. The molecule has 2 aliphatic heterocycles. The maximum absolute atomic E-state index is 14.5. The number of anilines is 2. The van der Waals surface area contributed by atoms with E-state index in [0.29, 0.717) is 44.8 Å². The normalized spacial score (nSPS) is 15.8. The highest BCUT2D eigenvalue weighted by Gasteiger charge is 2.57. The highest BCUT2D eigenvalue weighted by atomic mass is 32.1. The third kappa shape index (κ3) is 4.69. The number of rotatable bonds is 6. The standard InChI is InChI=1S/C37H32N4O6S/c1-5-40(6-2)22-15-16-27-31(18-22)46-32-20-30-25(21(3)17-33(42)47-30)19-28(32)37(27)26-13-9-7-11-23(26)34(43)41(37)39-36(48)38-29-14-10-8-12-24(29)35(44)45-4/h7-20H,5-6H2,1-4H3,(H2,38,39,48). The summed E-state index contributed by atoms with van der Waals surface area (Å²) in [6.07, 6.45) is 0. The van der Waals surface area contributed by atoms with Crippen molar-refractivity contribution >= 4 is 51.6 Å². The molecule has 242 valence electrons. The van der Waals surface area contributed by atoms with Crippen molar-refractivity contribution in [3.8, 4) is 11.5 Å². The molecule has 0 radical (unpaired) electrons. The molecule has 1 spiro atoms. The third-order valence-electron chi connectivity index (χ3n) is 9.02. The van der Waals surface area contributed by atoms with E-state index in [-0.39, 0.29) is 16.6 Å². The second kappa shape index (κ2) is 11.8. The number of thiocarbonyl (C=S) groups is 1. The van der Waals surface area contributed by atoms with Gasteiger partial charge < -0.3 is 24.1 Å². The largest absolute Gasteiger partial charge is 0.465 e. The van der Waals surface area contributed by atoms with Crippen LogP contribution in [0.3, 0.4) is 0 Å². The number of benzene rings is 4. The van der Waals surface area contributed by atoms with Gasteiger partial charge in [0.25, 0.3) is 5.91 Å². The van der Waals surface area contributed by atoms with Crippen LogP contribution in [0.1, 0.15) is 56.8 Å². The summed E-state index contributed by atoms with van der Waals surface area (Å²) in [4.78, 5) is 41.7. The lowest BCUT2D eigenvalue weighted by Crippen LogP contribution is -2.56. The fourth-order valence-electron chi connectivity index (χ4n) is 6.83. The van der Waals surface area contributed by atoms with Crippen LogP contribution in [0, 0.1) is 6.92 Å². The van der Waals surface area contributed by atoms with Crippen molar-refractivity contribution in [1.82, 2.24) is 10.4 Å². The summed E-state index contributed by atoms with van der Waals surface area (Å²) in [5.41, 5.74) is 6.74. The van der Waals surface area contributed by atoms with Gasteiger partial charge >= 0.3 is 11.6 Å². The number of ether oxygens (including phenoxy) is 2. The average molecular weight is 661 g/mol. The van der Waals surface area contributed by atoms with E-state index in [2.05, 4.69) is 29.5 Å². The van der Waals surface area contributed by atoms with Crippen LogP contribution in [0.4, 0.5) is 11.4 Å². The van der Waals surface area contributed by atoms with Gasteiger partial charge in [-0.25, -0.2) is 14.6 Å². The van der Waals surface area contributed by atoms with Crippen molar-refractivity contribution < 1.29 is 23.5 Å². The number of hydrogen-bond acceptors (Lipinski definition) is 8. The number of hydrazine groups is 1. The molecule has 7 rings (SSSR count). The topological polar surface area (TPSA) is 113 Å². The molecule has 2 aliphatic rings. The van der Waals surface area contributed by atoms with E-state index in [1.807, 2.05) is 49.4 Å². The number of nitrogens with zero attached hydrogens (tertiary/aromatic N) is 2. The molecule has 0 saturated carbocycles. The summed E-state index contributed by atoms with van der Waals surface area (Å²) < 4.78 is 17.2. The van der Waals surface area contributed by atoms with Crippen LogP contribution in [-0.2, 0) is 10.3 Å². The fraction of sp³-hybridized carbons (Fsp3) is 0.189. The van der Waals surface area contributed by atoms with E-state index in [4.69, 9.17) is 26.1 Å². The third-order valence-corrected chi connectivity index (χ3v) is 9.22. The summed E-state index contributed by atoms with van der Waals surface area (Å²) in [6.45, 7) is 7.58. The van der Waals surface area contributed by atoms with Crippen molar-refractivity contribution in [2.75, 3.05) is 30.4 Å². The van der Waals surface area contributed by atoms with Gasteiger partial charge in [0.15, 0.2) is 5.11 Å². The molecule has 0 saturated heterocycles. The zero-order chi connectivity index (χ0) is 33.7. The van der Waals surface area contributed by atoms with E-state index in [1.165, 1.54) is 18.2 Å². The lowest BCUT2D eigenvalue weighted by atomic mass is 9.75. The first-order valence-corrected chi connectivity index (χ1v) is 16.0. The van der Waals surface area contributed by atoms with Gasteiger partial charge in [0.05, 0.1) is 18.4 Å². The zero-order valence-corrected chi connectivity index (χ0v) is 27.6. The Morgan fingerprint density at radius 2 is 1.65 bits per heavy atom. The Morgan fingerprint density at radius 3 is 2.42 bits per heavy atom. The quantitative estimate of drug-likeness (QED) is 0.119. The van der Waals surface area contributed by atoms with E-state index < -0.39 is 17.1 Å². The van der Waals surface area contributed by atoms with E-state index in [9.17, 15) is 14.4 Å². The SMILES string of the molecule is CCN(CC)c1ccc2c(c1)Oc1cc3oc(=O)cc(C)c3cc1C21c2ccccc2C(=O)N1NC(=S)Nc1ccccc1C(=O)OC. The molecular formula is C37H32N4O6S. The number of hydrogen-bond donors (Lipinski definition) is 2. The Balaban J connectivity index is 1.47. The van der Waals surface area contributed by atoms with Crippen molar-refractivity contribution in [1.29, 1.82) is 0 Å². The number of amides is 1. The van der Waals surface area contributed by atoms with Gasteiger partial charge in [0.1, 0.15) is 22.6 Å². The molecule has 4 aromatic carbocycles. The Labute approximate surface area is 281 Å². The van der Waals surface area contributed by atoms with Crippen molar-refractivity contribution in [3.05, 3.63) is 129 Å². The number of para-hydroxylation sites is 1. The fourth-order valence-corrected chi connectivity index (χ4v) is 7.03. The number of carbonyl (C=O) groups is 2. The lowest BCUT2D eigenvalue weighted by molar-refractivity contribution is 0.0588. The predicted octanol–water partition coefficient (Wildman–Crippen LogP) is 6.49. The van der Waals surface area contributed by atoms with Crippen LogP contribution in [-0.4, -0.2) is 42.2 Å². The molecule has 11 heteroatoms. The predicted molar refractivity (Wildman–Crippen MR) is 187 cm³/mol. The minimum atomic E-state index is -1.28. The summed E-state index contributed by atoms with van der Waals surface area (Å²) in [7, 11) is 1.31. The van der Waals surface area contributed by atoms with Gasteiger partial charge in [0, 0.05) is 64.6 Å². The van der Waals surface area contributed by atoms with Gasteiger partial charge in [-0.15, -0.1) is 0 Å². The number of fused-ring (bicyclic) bond motifs is 7. The van der Waals surface area contributed by atoms with Crippen LogP contribution < -0.4 is 26.0 Å². The maximum atomic E-state index is 14.5. The van der Waals surface area contributed by atoms with Crippen LogP contribution in [0.25, 0.3) is 11.0 Å². The molecule has 0 bridgehead atoms. The van der Waals surface area contributed by atoms with E-state index in [0.717, 1.165) is 29.9 Å². The first-order chi connectivity index (χ1) is 23.2. The molecule has 5 aromatic rings. The van der Waals surface area contributed by atoms with Crippen molar-refractivity contribution in [3.63, 3.8) is 0 Å². The molecule has 0 fully saturated rings. The summed E-state index contributed by atoms with van der Waals surface area (Å²) in [5, 5.41) is 5.38. The number of aryl methyl sites for hydroxylation is 1. The van der Waals surface area contributed by atoms with Gasteiger partial charge in [-0.2, -0.15) is 0 Å². The monoisotopic (exact) mass is 660 g/mol. The van der Waals surface area contributed by atoms with Gasteiger partial charge in [-0.3, -0.25) is 10.2 Å². The van der Waals surface area contributed by atoms with E-state index >= 15 is 0 Å². The van der Waals surface area contributed by atoms with Gasteiger partial charge in [0.2, 0.25) is 0 Å². The van der Waals surface area contributed by atoms with Gasteiger partial charge in [-0.05, 0) is 68.9 Å². The first-order valence-electron chi connectivity index (χ1n) is 15.6. The van der Waals surface area contributed by atoms with E-state index in [1.54, 1.807) is 36.4 Å². The highest BCUT2D eigenvalue weighted by Crippen LogP contribution is 2.58. The minimum absolute atomic E-state index is 0.0733. The molecule has 1 unspecified atom stereocenters. The molecule has 1 amide bonds. The summed E-state index contributed by atoms with van der Waals surface area (Å²) >= 11 is 5.81. The van der Waals surface area contributed by atoms with Crippen molar-refractivity contribution in [2.24, 2.45) is 0 Å². The van der Waals surface area contributed by atoms with Crippen molar-refractivity contribution in [2.45, 2.75) is 26.3 Å². The Kier molecular flexibility index (Phi) is 7.63. The number of nitrogens with one attached hydrogen (secondary N) is 2. The highest BCUT2D eigenvalue weighted by molar-refractivity contribution is 7.80. The first kappa shape index (κ1) is 30.9. The number of esters is 1. The minimum Gasteiger partial charge on any atom is -0.465 e. The molecule has 3 heterocycles. The average Bonchev–Trinajstić information content (AvgIpc) is 3.32. The van der Waals surface area contributed by atoms with Crippen LogP contribution >= 0.6 is 12.2 Å². The molecule has 1 aromatic heterocycles. The Morgan fingerprint density at radius 1 is 0.917 bits per heavy atom. The van der Waals surface area contributed by atoms with Crippen LogP contribution in [0.5, 0.6) is 11.5 Å². The molecular weight excluding hydrogens is 628 g/mol. The molecule has 1 atom stereocenters. The second-order valence-electron chi connectivity index (χ2n) is 11.5. The zero-order valence-electron chi connectivity index (χ0n) is 26.7. The number of carbonyl (C=O) groups excluding carboxylic acids is 2. The van der Waals surface area contributed by atoms with Gasteiger partial charge in [-0.1, -0.05) is 36.4 Å². The lowest BCUT2D eigenvalue weighted by Gasteiger charge is -2.44. The Hall–Kier alpha value is -5.68.